The van der Waals surface area contributed by atoms with Crippen molar-refractivity contribution in [2.24, 2.45) is 0 Å². The van der Waals surface area contributed by atoms with Gasteiger partial charge in [-0.05, 0) is 32.1 Å². The second-order valence-corrected chi connectivity index (χ2v) is 4.52. The number of rotatable bonds is 3. The van der Waals surface area contributed by atoms with Crippen LogP contribution in [0.1, 0.15) is 45.4 Å². The molecule has 0 radical (unpaired) electrons. The molecule has 3 unspecified atom stereocenters. The van der Waals surface area contributed by atoms with Crippen molar-refractivity contribution < 1.29 is 4.39 Å². The van der Waals surface area contributed by atoms with Gasteiger partial charge in [0.15, 0.2) is 0 Å². The van der Waals surface area contributed by atoms with Crippen LogP contribution in [0.25, 0.3) is 0 Å². The van der Waals surface area contributed by atoms with Crippen molar-refractivity contribution in [1.82, 2.24) is 4.90 Å². The van der Waals surface area contributed by atoms with E-state index in [1.807, 2.05) is 6.92 Å². The third-order valence-electron chi connectivity index (χ3n) is 3.70. The van der Waals surface area contributed by atoms with Gasteiger partial charge in [0.05, 0.1) is 0 Å². The summed E-state index contributed by atoms with van der Waals surface area (Å²) in [4.78, 5) is 2.44. The van der Waals surface area contributed by atoms with E-state index in [1.165, 1.54) is 32.1 Å². The Hall–Kier alpha value is -0.110. The monoisotopic (exact) mass is 185 g/mol. The van der Waals surface area contributed by atoms with Crippen LogP contribution in [0.5, 0.6) is 0 Å². The molecule has 2 bridgehead atoms. The quantitative estimate of drug-likeness (QED) is 0.653. The van der Waals surface area contributed by atoms with Crippen LogP contribution in [0.3, 0.4) is 0 Å². The fourth-order valence-corrected chi connectivity index (χ4v) is 2.88. The lowest BCUT2D eigenvalue weighted by Crippen LogP contribution is -2.42. The van der Waals surface area contributed by atoms with Gasteiger partial charge in [0.1, 0.15) is 6.17 Å². The van der Waals surface area contributed by atoms with Crippen molar-refractivity contribution in [2.45, 2.75) is 63.7 Å². The summed E-state index contributed by atoms with van der Waals surface area (Å²) in [6.07, 6.45) is 6.72. The number of halogens is 1. The molecule has 2 aliphatic rings. The highest BCUT2D eigenvalue weighted by molar-refractivity contribution is 4.92. The van der Waals surface area contributed by atoms with Crippen LogP contribution >= 0.6 is 0 Å². The molecule has 13 heavy (non-hydrogen) atoms. The normalized spacial score (nSPS) is 36.5. The van der Waals surface area contributed by atoms with E-state index < -0.39 is 6.17 Å². The first-order chi connectivity index (χ1) is 6.31. The first-order valence-corrected chi connectivity index (χ1v) is 5.71. The molecule has 1 nitrogen and oxygen atoms in total. The number of piperidine rings is 1. The van der Waals surface area contributed by atoms with Gasteiger partial charge >= 0.3 is 0 Å². The van der Waals surface area contributed by atoms with Gasteiger partial charge in [-0.1, -0.05) is 13.3 Å². The van der Waals surface area contributed by atoms with Crippen LogP contribution in [0.4, 0.5) is 4.39 Å². The molecule has 2 aliphatic heterocycles. The molecule has 0 saturated carbocycles. The first-order valence-electron chi connectivity index (χ1n) is 5.71. The predicted molar refractivity (Wildman–Crippen MR) is 52.6 cm³/mol. The minimum absolute atomic E-state index is 0.596. The van der Waals surface area contributed by atoms with E-state index in [2.05, 4.69) is 4.90 Å². The molecule has 2 heteroatoms. The highest BCUT2D eigenvalue weighted by atomic mass is 19.1. The third-order valence-corrected chi connectivity index (χ3v) is 3.70. The lowest BCUT2D eigenvalue weighted by atomic mass is 10.0. The van der Waals surface area contributed by atoms with E-state index in [4.69, 9.17) is 0 Å². The van der Waals surface area contributed by atoms with Crippen molar-refractivity contribution in [2.75, 3.05) is 6.54 Å². The van der Waals surface area contributed by atoms with Crippen molar-refractivity contribution in [3.8, 4) is 0 Å². The summed E-state index contributed by atoms with van der Waals surface area (Å²) in [6.45, 7) is 2.64. The number of fused-ring (bicyclic) bond motifs is 2. The molecule has 2 fully saturated rings. The highest BCUT2D eigenvalue weighted by Gasteiger charge is 2.36. The van der Waals surface area contributed by atoms with Crippen LogP contribution < -0.4 is 0 Å². The average Bonchev–Trinajstić information content (AvgIpc) is 2.41. The molecule has 2 heterocycles. The number of nitrogens with zero attached hydrogens (tertiary/aromatic N) is 1. The maximum atomic E-state index is 13.2. The molecule has 0 N–H and O–H groups in total. The Bertz CT molecular complexity index is 155. The van der Waals surface area contributed by atoms with Crippen LogP contribution in [-0.2, 0) is 0 Å². The molecule has 0 amide bonds. The summed E-state index contributed by atoms with van der Waals surface area (Å²) in [7, 11) is 0. The third kappa shape index (κ3) is 1.88. The molecule has 0 aromatic heterocycles. The summed E-state index contributed by atoms with van der Waals surface area (Å²) in [5.41, 5.74) is 0. The second kappa shape index (κ2) is 3.95. The molecule has 0 aromatic carbocycles. The minimum Gasteiger partial charge on any atom is -0.295 e. The molecule has 3 atom stereocenters. The van der Waals surface area contributed by atoms with Gasteiger partial charge < -0.3 is 0 Å². The van der Waals surface area contributed by atoms with E-state index in [1.54, 1.807) is 0 Å². The topological polar surface area (TPSA) is 3.24 Å². The molecule has 0 aliphatic carbocycles. The Morgan fingerprint density at radius 1 is 1.23 bits per heavy atom. The highest BCUT2D eigenvalue weighted by Crippen LogP contribution is 2.35. The number of alkyl halides is 1. The second-order valence-electron chi connectivity index (χ2n) is 4.52. The zero-order valence-electron chi connectivity index (χ0n) is 8.51. The summed E-state index contributed by atoms with van der Waals surface area (Å²) in [5.74, 6) is 0. The Morgan fingerprint density at radius 2 is 1.85 bits per heavy atom. The Kier molecular flexibility index (Phi) is 2.87. The molecule has 2 saturated heterocycles. The predicted octanol–water partition coefficient (Wildman–Crippen LogP) is 2.75. The molecular weight excluding hydrogens is 165 g/mol. The van der Waals surface area contributed by atoms with E-state index in [-0.39, 0.29) is 0 Å². The van der Waals surface area contributed by atoms with Gasteiger partial charge in [0, 0.05) is 18.6 Å². The SMILES string of the molecule is CCC(F)CN1C2CCCC1CC2. The van der Waals surface area contributed by atoms with Gasteiger partial charge in [-0.15, -0.1) is 0 Å². The number of hydrogen-bond acceptors (Lipinski definition) is 1. The lowest BCUT2D eigenvalue weighted by Gasteiger charge is -2.35. The largest absolute Gasteiger partial charge is 0.295 e. The molecule has 0 aromatic rings. The molecule has 2 rings (SSSR count). The van der Waals surface area contributed by atoms with Crippen LogP contribution in [-0.4, -0.2) is 29.7 Å². The van der Waals surface area contributed by atoms with Crippen molar-refractivity contribution in [3.05, 3.63) is 0 Å². The average molecular weight is 185 g/mol. The van der Waals surface area contributed by atoms with Gasteiger partial charge in [-0.25, -0.2) is 4.39 Å². The van der Waals surface area contributed by atoms with Gasteiger partial charge in [0.25, 0.3) is 0 Å². The summed E-state index contributed by atoms with van der Waals surface area (Å²) in [6, 6.07) is 1.45. The van der Waals surface area contributed by atoms with E-state index >= 15 is 0 Å². The summed E-state index contributed by atoms with van der Waals surface area (Å²) < 4.78 is 13.2. The zero-order valence-corrected chi connectivity index (χ0v) is 8.51. The Labute approximate surface area is 80.3 Å². The van der Waals surface area contributed by atoms with Gasteiger partial charge in [0.2, 0.25) is 0 Å². The molecule has 0 spiro atoms. The zero-order chi connectivity index (χ0) is 9.26. The van der Waals surface area contributed by atoms with Crippen molar-refractivity contribution >= 4 is 0 Å². The van der Waals surface area contributed by atoms with E-state index in [0.29, 0.717) is 13.0 Å². The smallest absolute Gasteiger partial charge is 0.112 e. The summed E-state index contributed by atoms with van der Waals surface area (Å²) >= 11 is 0. The maximum absolute atomic E-state index is 13.2. The molecular formula is C11H20FN. The van der Waals surface area contributed by atoms with Gasteiger partial charge in [-0.2, -0.15) is 0 Å². The Morgan fingerprint density at radius 3 is 2.38 bits per heavy atom. The first kappa shape index (κ1) is 9.45. The fraction of sp³-hybridized carbons (Fsp3) is 1.00. The van der Waals surface area contributed by atoms with Gasteiger partial charge in [-0.3, -0.25) is 4.90 Å². The van der Waals surface area contributed by atoms with E-state index in [0.717, 1.165) is 12.1 Å². The van der Waals surface area contributed by atoms with E-state index in [9.17, 15) is 4.39 Å². The van der Waals surface area contributed by atoms with Crippen LogP contribution in [0.15, 0.2) is 0 Å². The van der Waals surface area contributed by atoms with Crippen LogP contribution in [0.2, 0.25) is 0 Å². The Balaban J connectivity index is 1.91. The molecule has 76 valence electrons. The standard InChI is InChI=1S/C11H20FN/c1-2-9(12)8-13-10-4-3-5-11(13)7-6-10/h9-11H,2-8H2,1H3. The maximum Gasteiger partial charge on any atom is 0.112 e. The van der Waals surface area contributed by atoms with Crippen molar-refractivity contribution in [3.63, 3.8) is 0 Å². The van der Waals surface area contributed by atoms with Crippen molar-refractivity contribution in [1.29, 1.82) is 0 Å². The lowest BCUT2D eigenvalue weighted by molar-refractivity contribution is 0.101. The fourth-order valence-electron chi connectivity index (χ4n) is 2.88. The summed E-state index contributed by atoms with van der Waals surface area (Å²) in [5, 5.41) is 0. The minimum atomic E-state index is -0.596. The number of hydrogen-bond donors (Lipinski definition) is 0. The van der Waals surface area contributed by atoms with Crippen LogP contribution in [0, 0.1) is 0 Å².